The molecule has 0 amide bonds. The Bertz CT molecular complexity index is 206. The van der Waals surface area contributed by atoms with Gasteiger partial charge < -0.3 is 15.3 Å². The monoisotopic (exact) mass is 244 g/mol. The summed E-state index contributed by atoms with van der Waals surface area (Å²) in [4.78, 5) is 12.5. The van der Waals surface area contributed by atoms with Crippen LogP contribution in [0, 0.1) is 5.92 Å². The van der Waals surface area contributed by atoms with E-state index in [1.54, 1.807) is 0 Å². The molecule has 4 nitrogen and oxygen atoms in total. The Hall–Kier alpha value is -0.610. The van der Waals surface area contributed by atoms with Gasteiger partial charge in [-0.1, -0.05) is 20.3 Å². The second-order valence-corrected chi connectivity index (χ2v) is 5.27. The van der Waals surface area contributed by atoms with Crippen LogP contribution in [0.25, 0.3) is 0 Å². The van der Waals surface area contributed by atoms with Gasteiger partial charge in [0.1, 0.15) is 0 Å². The van der Waals surface area contributed by atoms with Crippen LogP contribution < -0.4 is 5.32 Å². The number of hydrogen-bond acceptors (Lipinski definition) is 3. The van der Waals surface area contributed by atoms with Gasteiger partial charge in [-0.15, -0.1) is 0 Å². The van der Waals surface area contributed by atoms with Crippen LogP contribution >= 0.6 is 0 Å². The average Bonchev–Trinajstić information content (AvgIpc) is 2.20. The first kappa shape index (κ1) is 16.4. The zero-order valence-corrected chi connectivity index (χ0v) is 11.7. The van der Waals surface area contributed by atoms with Gasteiger partial charge in [0.2, 0.25) is 0 Å². The van der Waals surface area contributed by atoms with Gasteiger partial charge in [-0.05, 0) is 39.4 Å². The topological polar surface area (TPSA) is 52.6 Å². The van der Waals surface area contributed by atoms with Crippen molar-refractivity contribution in [3.05, 3.63) is 0 Å². The Morgan fingerprint density at radius 2 is 1.88 bits per heavy atom. The van der Waals surface area contributed by atoms with E-state index in [0.717, 1.165) is 32.4 Å². The molecule has 0 aromatic rings. The van der Waals surface area contributed by atoms with Crippen LogP contribution in [0.2, 0.25) is 0 Å². The van der Waals surface area contributed by atoms with Crippen LogP contribution in [0.15, 0.2) is 0 Å². The van der Waals surface area contributed by atoms with Gasteiger partial charge in [0, 0.05) is 19.0 Å². The summed E-state index contributed by atoms with van der Waals surface area (Å²) >= 11 is 0. The van der Waals surface area contributed by atoms with Crippen molar-refractivity contribution in [2.24, 2.45) is 5.92 Å². The van der Waals surface area contributed by atoms with Crippen LogP contribution in [-0.4, -0.2) is 49.2 Å². The number of carboxylic acid groups (broad SMARTS) is 1. The van der Waals surface area contributed by atoms with Gasteiger partial charge in [0.25, 0.3) is 0 Å². The third kappa shape index (κ3) is 10.3. The highest BCUT2D eigenvalue weighted by atomic mass is 16.4. The van der Waals surface area contributed by atoms with Crippen LogP contribution in [-0.2, 0) is 4.79 Å². The molecular formula is C13H28N2O2. The maximum Gasteiger partial charge on any atom is 0.303 e. The molecule has 102 valence electrons. The van der Waals surface area contributed by atoms with Crippen molar-refractivity contribution < 1.29 is 9.90 Å². The summed E-state index contributed by atoms with van der Waals surface area (Å²) < 4.78 is 0. The summed E-state index contributed by atoms with van der Waals surface area (Å²) in [5, 5.41) is 12.1. The Morgan fingerprint density at radius 1 is 1.24 bits per heavy atom. The highest BCUT2D eigenvalue weighted by Crippen LogP contribution is 2.04. The van der Waals surface area contributed by atoms with Crippen LogP contribution in [0.5, 0.6) is 0 Å². The maximum atomic E-state index is 10.3. The number of carbonyl (C=O) groups is 1. The number of unbranched alkanes of at least 4 members (excludes halogenated alkanes) is 2. The second kappa shape index (κ2) is 9.42. The van der Waals surface area contributed by atoms with E-state index in [1.807, 2.05) is 0 Å². The molecule has 0 spiro atoms. The Labute approximate surface area is 105 Å². The lowest BCUT2D eigenvalue weighted by atomic mass is 10.0. The van der Waals surface area contributed by atoms with E-state index >= 15 is 0 Å². The minimum atomic E-state index is -0.689. The molecule has 0 fully saturated rings. The van der Waals surface area contributed by atoms with Gasteiger partial charge in [-0.2, -0.15) is 0 Å². The Balaban J connectivity index is 3.58. The quantitative estimate of drug-likeness (QED) is 0.575. The van der Waals surface area contributed by atoms with Crippen molar-refractivity contribution in [2.75, 3.05) is 27.2 Å². The molecule has 0 heterocycles. The van der Waals surface area contributed by atoms with Gasteiger partial charge in [-0.3, -0.25) is 4.79 Å². The number of nitrogens with zero attached hydrogens (tertiary/aromatic N) is 1. The number of likely N-dealkylation sites (N-methyl/N-ethyl adjacent to an activating group) is 1. The molecule has 0 saturated carbocycles. The third-order valence-corrected chi connectivity index (χ3v) is 2.84. The van der Waals surface area contributed by atoms with Gasteiger partial charge >= 0.3 is 5.97 Å². The first-order valence-electron chi connectivity index (χ1n) is 6.53. The summed E-state index contributed by atoms with van der Waals surface area (Å²) in [5.74, 6) is -0.0676. The van der Waals surface area contributed by atoms with Crippen molar-refractivity contribution in [3.8, 4) is 0 Å². The summed E-state index contributed by atoms with van der Waals surface area (Å²) in [6, 6.07) is 0.518. The molecule has 0 rings (SSSR count). The molecule has 17 heavy (non-hydrogen) atoms. The number of nitrogens with one attached hydrogen (secondary N) is 1. The zero-order valence-electron chi connectivity index (χ0n) is 11.7. The largest absolute Gasteiger partial charge is 0.481 e. The van der Waals surface area contributed by atoms with Gasteiger partial charge in [-0.25, -0.2) is 0 Å². The molecule has 0 aromatic carbocycles. The van der Waals surface area contributed by atoms with Crippen molar-refractivity contribution >= 4 is 5.97 Å². The van der Waals surface area contributed by atoms with E-state index in [0.29, 0.717) is 18.4 Å². The summed E-state index contributed by atoms with van der Waals surface area (Å²) in [6.07, 6.45) is 3.14. The van der Waals surface area contributed by atoms with Crippen molar-refractivity contribution in [1.29, 1.82) is 0 Å². The molecule has 0 aliphatic rings. The SMILES string of the molecule is CC(C)C(CN(C)C)NCCCCCC(=O)O. The molecule has 0 radical (unpaired) electrons. The summed E-state index contributed by atoms with van der Waals surface area (Å²) in [7, 11) is 4.17. The minimum Gasteiger partial charge on any atom is -0.481 e. The molecular weight excluding hydrogens is 216 g/mol. The first-order valence-corrected chi connectivity index (χ1v) is 6.53. The number of hydrogen-bond donors (Lipinski definition) is 2. The fraction of sp³-hybridized carbons (Fsp3) is 0.923. The van der Waals surface area contributed by atoms with Crippen LogP contribution in [0.1, 0.15) is 39.5 Å². The molecule has 1 atom stereocenters. The molecule has 2 N–H and O–H groups in total. The first-order chi connectivity index (χ1) is 7.93. The molecule has 0 aromatic heterocycles. The normalized spacial score (nSPS) is 13.3. The lowest BCUT2D eigenvalue weighted by Gasteiger charge is -2.25. The van der Waals surface area contributed by atoms with E-state index < -0.39 is 5.97 Å². The standard InChI is InChI=1S/C13H28N2O2/c1-11(2)12(10-15(3)4)14-9-7-5-6-8-13(16)17/h11-12,14H,5-10H2,1-4H3,(H,16,17). The molecule has 0 bridgehead atoms. The van der Waals surface area contributed by atoms with Gasteiger partial charge in [0.15, 0.2) is 0 Å². The summed E-state index contributed by atoms with van der Waals surface area (Å²) in [5.41, 5.74) is 0. The molecule has 4 heteroatoms. The van der Waals surface area contributed by atoms with Gasteiger partial charge in [0.05, 0.1) is 0 Å². The summed E-state index contributed by atoms with van der Waals surface area (Å²) in [6.45, 7) is 6.49. The van der Waals surface area contributed by atoms with Crippen LogP contribution in [0.3, 0.4) is 0 Å². The third-order valence-electron chi connectivity index (χ3n) is 2.84. The Morgan fingerprint density at radius 3 is 2.35 bits per heavy atom. The molecule has 1 unspecified atom stereocenters. The average molecular weight is 244 g/mol. The number of aliphatic carboxylic acids is 1. The van der Waals surface area contributed by atoms with E-state index in [2.05, 4.69) is 38.2 Å². The fourth-order valence-electron chi connectivity index (χ4n) is 1.77. The molecule has 0 aliphatic heterocycles. The smallest absolute Gasteiger partial charge is 0.303 e. The lowest BCUT2D eigenvalue weighted by Crippen LogP contribution is -2.42. The van der Waals surface area contributed by atoms with E-state index in [9.17, 15) is 4.79 Å². The molecule has 0 aliphatic carbocycles. The van der Waals surface area contributed by atoms with Crippen LogP contribution in [0.4, 0.5) is 0 Å². The lowest BCUT2D eigenvalue weighted by molar-refractivity contribution is -0.137. The Kier molecular flexibility index (Phi) is 9.09. The van der Waals surface area contributed by atoms with E-state index in [4.69, 9.17) is 5.11 Å². The van der Waals surface area contributed by atoms with Crippen molar-refractivity contribution in [3.63, 3.8) is 0 Å². The fourth-order valence-corrected chi connectivity index (χ4v) is 1.77. The molecule has 0 saturated heterocycles. The van der Waals surface area contributed by atoms with E-state index in [-0.39, 0.29) is 0 Å². The minimum absolute atomic E-state index is 0.297. The second-order valence-electron chi connectivity index (χ2n) is 5.27. The van der Waals surface area contributed by atoms with E-state index in [1.165, 1.54) is 0 Å². The van der Waals surface area contributed by atoms with Crippen molar-refractivity contribution in [1.82, 2.24) is 10.2 Å². The zero-order chi connectivity index (χ0) is 13.3. The highest BCUT2D eigenvalue weighted by Gasteiger charge is 2.12. The predicted molar refractivity (Wildman–Crippen MR) is 71.3 cm³/mol. The van der Waals surface area contributed by atoms with Crippen molar-refractivity contribution in [2.45, 2.75) is 45.6 Å². The maximum absolute atomic E-state index is 10.3. The number of rotatable bonds is 10. The predicted octanol–water partition coefficient (Wildman–Crippen LogP) is 1.81. The highest BCUT2D eigenvalue weighted by molar-refractivity contribution is 5.66. The number of carboxylic acids is 1.